The molecule has 4 nitrogen and oxygen atoms in total. The molecule has 0 radical (unpaired) electrons. The van der Waals surface area contributed by atoms with Crippen molar-refractivity contribution in [2.45, 2.75) is 64.0 Å². The SMILES string of the molecule is CC(CN1CCCCC1C1CCCCC1O)C(N)=O. The molecule has 0 aromatic heterocycles. The lowest BCUT2D eigenvalue weighted by molar-refractivity contribution is -0.122. The summed E-state index contributed by atoms with van der Waals surface area (Å²) in [6.07, 6.45) is 7.92. The highest BCUT2D eigenvalue weighted by Crippen LogP contribution is 2.34. The van der Waals surface area contributed by atoms with Crippen molar-refractivity contribution >= 4 is 5.91 Å². The van der Waals surface area contributed by atoms with Gasteiger partial charge in [0.05, 0.1) is 6.10 Å². The molecule has 0 spiro atoms. The van der Waals surface area contributed by atoms with Gasteiger partial charge in [-0.1, -0.05) is 26.2 Å². The Balaban J connectivity index is 2.00. The van der Waals surface area contributed by atoms with Crippen molar-refractivity contribution in [2.24, 2.45) is 17.6 Å². The first-order valence-corrected chi connectivity index (χ1v) is 7.81. The topological polar surface area (TPSA) is 66.6 Å². The molecule has 1 saturated carbocycles. The van der Waals surface area contributed by atoms with E-state index < -0.39 is 0 Å². The van der Waals surface area contributed by atoms with Crippen LogP contribution in [0, 0.1) is 11.8 Å². The highest BCUT2D eigenvalue weighted by Gasteiger charge is 2.36. The number of rotatable bonds is 4. The largest absolute Gasteiger partial charge is 0.393 e. The summed E-state index contributed by atoms with van der Waals surface area (Å²) in [7, 11) is 0. The summed E-state index contributed by atoms with van der Waals surface area (Å²) in [5.41, 5.74) is 5.39. The maximum atomic E-state index is 11.3. The molecule has 4 heteroatoms. The van der Waals surface area contributed by atoms with Gasteiger partial charge < -0.3 is 10.8 Å². The van der Waals surface area contributed by atoms with E-state index in [4.69, 9.17) is 5.73 Å². The van der Waals surface area contributed by atoms with E-state index in [1.54, 1.807) is 0 Å². The van der Waals surface area contributed by atoms with E-state index in [1.807, 2.05) is 6.92 Å². The molecule has 2 fully saturated rings. The second kappa shape index (κ2) is 6.71. The van der Waals surface area contributed by atoms with Crippen LogP contribution >= 0.6 is 0 Å². The van der Waals surface area contributed by atoms with Crippen LogP contribution in [0.3, 0.4) is 0 Å². The summed E-state index contributed by atoms with van der Waals surface area (Å²) in [5.74, 6) is 0.0870. The van der Waals surface area contributed by atoms with Gasteiger partial charge in [0, 0.05) is 24.4 Å². The summed E-state index contributed by atoms with van der Waals surface area (Å²) in [5, 5.41) is 10.3. The number of primary amides is 1. The van der Waals surface area contributed by atoms with Crippen molar-refractivity contribution in [2.75, 3.05) is 13.1 Å². The van der Waals surface area contributed by atoms with Crippen LogP contribution in [-0.4, -0.2) is 41.1 Å². The fourth-order valence-corrected chi connectivity index (χ4v) is 3.76. The Kier molecular flexibility index (Phi) is 5.22. The van der Waals surface area contributed by atoms with Gasteiger partial charge in [-0.25, -0.2) is 0 Å². The summed E-state index contributed by atoms with van der Waals surface area (Å²) in [6.45, 7) is 3.71. The van der Waals surface area contributed by atoms with Crippen molar-refractivity contribution < 1.29 is 9.90 Å². The normalized spacial score (nSPS) is 34.9. The smallest absolute Gasteiger partial charge is 0.221 e. The Morgan fingerprint density at radius 2 is 1.95 bits per heavy atom. The summed E-state index contributed by atoms with van der Waals surface area (Å²) in [4.78, 5) is 13.7. The lowest BCUT2D eigenvalue weighted by Crippen LogP contribution is -2.50. The van der Waals surface area contributed by atoms with Crippen molar-refractivity contribution in [3.05, 3.63) is 0 Å². The van der Waals surface area contributed by atoms with E-state index in [1.165, 1.54) is 19.3 Å². The van der Waals surface area contributed by atoms with Crippen molar-refractivity contribution in [3.63, 3.8) is 0 Å². The molecule has 0 aromatic rings. The van der Waals surface area contributed by atoms with Crippen LogP contribution in [0.1, 0.15) is 51.9 Å². The number of hydrogen-bond donors (Lipinski definition) is 2. The Morgan fingerprint density at radius 3 is 2.63 bits per heavy atom. The highest BCUT2D eigenvalue weighted by molar-refractivity contribution is 5.76. The predicted octanol–water partition coefficient (Wildman–Crippen LogP) is 1.51. The molecule has 1 amide bonds. The lowest BCUT2D eigenvalue weighted by Gasteiger charge is -2.44. The van der Waals surface area contributed by atoms with Crippen molar-refractivity contribution in [1.29, 1.82) is 0 Å². The number of piperidine rings is 1. The minimum atomic E-state index is -0.214. The molecule has 2 aliphatic rings. The summed E-state index contributed by atoms with van der Waals surface area (Å²) in [6, 6.07) is 0.450. The first-order valence-electron chi connectivity index (χ1n) is 7.81. The Morgan fingerprint density at radius 1 is 1.26 bits per heavy atom. The van der Waals surface area contributed by atoms with Gasteiger partial charge in [-0.2, -0.15) is 0 Å². The molecule has 0 aromatic carbocycles. The molecule has 1 aliphatic carbocycles. The number of amides is 1. The zero-order valence-electron chi connectivity index (χ0n) is 12.1. The fraction of sp³-hybridized carbons (Fsp3) is 0.933. The average Bonchev–Trinajstić information content (AvgIpc) is 2.40. The van der Waals surface area contributed by atoms with Crippen LogP contribution in [-0.2, 0) is 4.79 Å². The lowest BCUT2D eigenvalue weighted by atomic mass is 9.77. The molecule has 110 valence electrons. The van der Waals surface area contributed by atoms with Gasteiger partial charge in [-0.05, 0) is 32.2 Å². The number of carbonyl (C=O) groups is 1. The third-order valence-corrected chi connectivity index (χ3v) is 4.93. The molecule has 4 unspecified atom stereocenters. The zero-order valence-corrected chi connectivity index (χ0v) is 12.1. The molecule has 4 atom stereocenters. The van der Waals surface area contributed by atoms with E-state index >= 15 is 0 Å². The van der Waals surface area contributed by atoms with Gasteiger partial charge in [0.1, 0.15) is 0 Å². The minimum absolute atomic E-state index is 0.0960. The van der Waals surface area contributed by atoms with Crippen LogP contribution in [0.2, 0.25) is 0 Å². The van der Waals surface area contributed by atoms with E-state index in [0.717, 1.165) is 38.8 Å². The van der Waals surface area contributed by atoms with Crippen LogP contribution in [0.4, 0.5) is 0 Å². The molecular weight excluding hydrogens is 240 g/mol. The average molecular weight is 268 g/mol. The molecular formula is C15H28N2O2. The predicted molar refractivity (Wildman–Crippen MR) is 75.5 cm³/mol. The zero-order chi connectivity index (χ0) is 13.8. The minimum Gasteiger partial charge on any atom is -0.393 e. The molecule has 0 bridgehead atoms. The Labute approximate surface area is 116 Å². The molecule has 2 rings (SSSR count). The second-order valence-corrected chi connectivity index (χ2v) is 6.38. The van der Waals surface area contributed by atoms with Gasteiger partial charge >= 0.3 is 0 Å². The molecule has 1 saturated heterocycles. The molecule has 1 heterocycles. The van der Waals surface area contributed by atoms with E-state index in [9.17, 15) is 9.90 Å². The first kappa shape index (κ1) is 14.8. The van der Waals surface area contributed by atoms with Gasteiger partial charge in [-0.15, -0.1) is 0 Å². The number of likely N-dealkylation sites (tertiary alicyclic amines) is 1. The number of aliphatic hydroxyl groups is 1. The number of nitrogens with zero attached hydrogens (tertiary/aromatic N) is 1. The number of aliphatic hydroxyl groups excluding tert-OH is 1. The van der Waals surface area contributed by atoms with Crippen molar-refractivity contribution in [3.8, 4) is 0 Å². The summed E-state index contributed by atoms with van der Waals surface area (Å²) >= 11 is 0. The fourth-order valence-electron chi connectivity index (χ4n) is 3.76. The Hall–Kier alpha value is -0.610. The number of hydrogen-bond acceptors (Lipinski definition) is 3. The van der Waals surface area contributed by atoms with Gasteiger partial charge in [0.15, 0.2) is 0 Å². The van der Waals surface area contributed by atoms with Gasteiger partial charge in [-0.3, -0.25) is 9.69 Å². The van der Waals surface area contributed by atoms with Crippen molar-refractivity contribution in [1.82, 2.24) is 4.90 Å². The third kappa shape index (κ3) is 3.69. The molecule has 19 heavy (non-hydrogen) atoms. The monoisotopic (exact) mass is 268 g/mol. The summed E-state index contributed by atoms with van der Waals surface area (Å²) < 4.78 is 0. The van der Waals surface area contributed by atoms with Crippen LogP contribution < -0.4 is 5.73 Å². The van der Waals surface area contributed by atoms with Gasteiger partial charge in [0.2, 0.25) is 5.91 Å². The standard InChI is InChI=1S/C15H28N2O2/c1-11(15(16)19)10-17-9-5-4-7-13(17)12-6-2-3-8-14(12)18/h11-14,18H,2-10H2,1H3,(H2,16,19). The highest BCUT2D eigenvalue weighted by atomic mass is 16.3. The second-order valence-electron chi connectivity index (χ2n) is 6.38. The van der Waals surface area contributed by atoms with Gasteiger partial charge in [0.25, 0.3) is 0 Å². The van der Waals surface area contributed by atoms with E-state index in [2.05, 4.69) is 4.90 Å². The van der Waals surface area contributed by atoms with Crippen LogP contribution in [0.15, 0.2) is 0 Å². The third-order valence-electron chi connectivity index (χ3n) is 4.93. The maximum Gasteiger partial charge on any atom is 0.221 e. The van der Waals surface area contributed by atoms with E-state index in [-0.39, 0.29) is 17.9 Å². The van der Waals surface area contributed by atoms with Crippen LogP contribution in [0.25, 0.3) is 0 Å². The Bertz CT molecular complexity index is 309. The maximum absolute atomic E-state index is 11.3. The number of carbonyl (C=O) groups excluding carboxylic acids is 1. The van der Waals surface area contributed by atoms with Crippen LogP contribution in [0.5, 0.6) is 0 Å². The number of nitrogens with two attached hydrogens (primary N) is 1. The molecule has 1 aliphatic heterocycles. The first-order chi connectivity index (χ1) is 9.09. The van der Waals surface area contributed by atoms with E-state index in [0.29, 0.717) is 12.0 Å². The molecule has 3 N–H and O–H groups in total. The quantitative estimate of drug-likeness (QED) is 0.812.